The number of hydrogen-bond acceptors (Lipinski definition) is 2. The third-order valence-corrected chi connectivity index (χ3v) is 4.63. The molecule has 0 radical (unpaired) electrons. The van der Waals surface area contributed by atoms with E-state index in [0.29, 0.717) is 6.54 Å². The fourth-order valence-electron chi connectivity index (χ4n) is 2.70. The molecule has 3 heteroatoms. The maximum Gasteiger partial charge on any atom is 0.236 e. The fraction of sp³-hybridized carbons (Fsp3) is 0.294. The third kappa shape index (κ3) is 3.05. The Bertz CT molecular complexity index is 614. The minimum Gasteiger partial charge on any atom is -0.286 e. The molecule has 2 nitrogen and oxygen atoms in total. The smallest absolute Gasteiger partial charge is 0.236 e. The molecule has 0 saturated carbocycles. The molecular weight excluding hydrogens is 266 g/mol. The van der Waals surface area contributed by atoms with Gasteiger partial charge in [0.15, 0.2) is 5.71 Å². The number of rotatable bonds is 5. The number of nitrogens with zero attached hydrogens (tertiary/aromatic N) is 1. The minimum absolute atomic E-state index is 0.243. The SMILES string of the molecule is O=C(C[N+]1=C(Cc2ccccc2)CCC1)c1cccs1. The first-order valence-electron chi connectivity index (χ1n) is 7.03. The molecule has 3 rings (SSSR count). The van der Waals surface area contributed by atoms with Crippen molar-refractivity contribution in [1.82, 2.24) is 0 Å². The normalized spacial score (nSPS) is 14.8. The Morgan fingerprint density at radius 3 is 2.75 bits per heavy atom. The van der Waals surface area contributed by atoms with Crippen LogP contribution in [0.1, 0.15) is 28.1 Å². The molecule has 1 aliphatic heterocycles. The van der Waals surface area contributed by atoms with E-state index >= 15 is 0 Å². The van der Waals surface area contributed by atoms with Gasteiger partial charge < -0.3 is 0 Å². The van der Waals surface area contributed by atoms with Crippen molar-refractivity contribution >= 4 is 22.8 Å². The third-order valence-electron chi connectivity index (χ3n) is 3.72. The Balaban J connectivity index is 1.73. The molecule has 2 aromatic rings. The molecule has 0 unspecified atom stereocenters. The van der Waals surface area contributed by atoms with E-state index in [1.54, 1.807) is 0 Å². The molecule has 1 aromatic heterocycles. The molecule has 0 fully saturated rings. The van der Waals surface area contributed by atoms with Gasteiger partial charge in [0.25, 0.3) is 0 Å². The molecule has 20 heavy (non-hydrogen) atoms. The summed E-state index contributed by atoms with van der Waals surface area (Å²) in [6.07, 6.45) is 3.26. The van der Waals surface area contributed by atoms with Gasteiger partial charge in [-0.15, -0.1) is 11.3 Å². The van der Waals surface area contributed by atoms with Gasteiger partial charge in [-0.05, 0) is 17.0 Å². The zero-order valence-corrected chi connectivity index (χ0v) is 12.2. The van der Waals surface area contributed by atoms with Gasteiger partial charge in [-0.3, -0.25) is 4.79 Å². The van der Waals surface area contributed by atoms with Crippen LogP contribution in [-0.4, -0.2) is 29.2 Å². The standard InChI is InChI=1S/C17H18NOS/c19-16(17-9-5-11-20-17)13-18-10-4-8-15(18)12-14-6-2-1-3-7-14/h1-3,5-7,9,11H,4,8,10,12-13H2/q+1. The molecule has 0 saturated heterocycles. The first-order valence-corrected chi connectivity index (χ1v) is 7.91. The summed E-state index contributed by atoms with van der Waals surface area (Å²) in [6.45, 7) is 1.54. The molecule has 0 amide bonds. The lowest BCUT2D eigenvalue weighted by molar-refractivity contribution is -0.507. The maximum atomic E-state index is 12.2. The van der Waals surface area contributed by atoms with Crippen LogP contribution in [0.5, 0.6) is 0 Å². The van der Waals surface area contributed by atoms with Crippen molar-refractivity contribution in [2.75, 3.05) is 13.1 Å². The maximum absolute atomic E-state index is 12.2. The summed E-state index contributed by atoms with van der Waals surface area (Å²) in [4.78, 5) is 13.1. The molecule has 102 valence electrons. The van der Waals surface area contributed by atoms with E-state index in [4.69, 9.17) is 0 Å². The number of Topliss-reactive ketones (excluding diaryl/α,β-unsaturated/α-hetero) is 1. The monoisotopic (exact) mass is 284 g/mol. The Labute approximate surface area is 123 Å². The fourth-order valence-corrected chi connectivity index (χ4v) is 3.36. The van der Waals surface area contributed by atoms with Crippen molar-refractivity contribution in [2.24, 2.45) is 0 Å². The summed E-state index contributed by atoms with van der Waals surface area (Å²) in [5.74, 6) is 0.243. The van der Waals surface area contributed by atoms with E-state index in [9.17, 15) is 4.79 Å². The number of hydrogen-bond donors (Lipinski definition) is 0. The zero-order valence-electron chi connectivity index (χ0n) is 11.4. The first kappa shape index (κ1) is 13.3. The van der Waals surface area contributed by atoms with E-state index in [1.807, 2.05) is 23.6 Å². The van der Waals surface area contributed by atoms with Crippen LogP contribution in [-0.2, 0) is 6.42 Å². The quantitative estimate of drug-likeness (QED) is 0.608. The highest BCUT2D eigenvalue weighted by atomic mass is 32.1. The van der Waals surface area contributed by atoms with Gasteiger partial charge in [-0.25, -0.2) is 4.58 Å². The lowest BCUT2D eigenvalue weighted by Gasteiger charge is -2.02. The van der Waals surface area contributed by atoms with Crippen LogP contribution in [0.4, 0.5) is 0 Å². The van der Waals surface area contributed by atoms with Gasteiger partial charge >= 0.3 is 0 Å². The highest BCUT2D eigenvalue weighted by molar-refractivity contribution is 7.12. The van der Waals surface area contributed by atoms with Crippen molar-refractivity contribution in [3.63, 3.8) is 0 Å². The van der Waals surface area contributed by atoms with Gasteiger partial charge in [0, 0.05) is 12.8 Å². The highest BCUT2D eigenvalue weighted by Gasteiger charge is 2.25. The number of carbonyl (C=O) groups is 1. The van der Waals surface area contributed by atoms with Gasteiger partial charge in [-0.2, -0.15) is 0 Å². The largest absolute Gasteiger partial charge is 0.286 e. The summed E-state index contributed by atoms with van der Waals surface area (Å²) in [5.41, 5.74) is 2.74. The average Bonchev–Trinajstić information content (AvgIpc) is 3.12. The summed E-state index contributed by atoms with van der Waals surface area (Å²) in [5, 5.41) is 1.96. The number of benzene rings is 1. The molecule has 0 aliphatic carbocycles. The molecule has 0 spiro atoms. The summed E-state index contributed by atoms with van der Waals surface area (Å²) < 4.78 is 2.27. The van der Waals surface area contributed by atoms with Gasteiger partial charge in [-0.1, -0.05) is 36.4 Å². The molecule has 1 aliphatic rings. The average molecular weight is 284 g/mol. The van der Waals surface area contributed by atoms with Crippen LogP contribution < -0.4 is 0 Å². The Hall–Kier alpha value is -1.74. The molecule has 1 aromatic carbocycles. The number of thiophene rings is 1. The minimum atomic E-state index is 0.243. The van der Waals surface area contributed by atoms with Crippen LogP contribution in [0.2, 0.25) is 0 Å². The van der Waals surface area contributed by atoms with Crippen LogP contribution in [0.3, 0.4) is 0 Å². The Kier molecular flexibility index (Phi) is 4.07. The van der Waals surface area contributed by atoms with E-state index in [-0.39, 0.29) is 5.78 Å². The van der Waals surface area contributed by atoms with Crippen LogP contribution in [0.15, 0.2) is 47.8 Å². The van der Waals surface area contributed by atoms with Gasteiger partial charge in [0.2, 0.25) is 12.3 Å². The second-order valence-corrected chi connectivity index (χ2v) is 6.10. The molecular formula is C17H18NOS+. The molecule has 2 heterocycles. The predicted octanol–water partition coefficient (Wildman–Crippen LogP) is 3.42. The second kappa shape index (κ2) is 6.14. The zero-order chi connectivity index (χ0) is 13.8. The predicted molar refractivity (Wildman–Crippen MR) is 83.0 cm³/mol. The lowest BCUT2D eigenvalue weighted by Crippen LogP contribution is -2.24. The van der Waals surface area contributed by atoms with Crippen molar-refractivity contribution < 1.29 is 9.37 Å². The first-order chi connectivity index (χ1) is 9.83. The molecule has 0 atom stereocenters. The lowest BCUT2D eigenvalue weighted by atomic mass is 10.1. The summed E-state index contributed by atoms with van der Waals surface area (Å²) in [7, 11) is 0. The Morgan fingerprint density at radius 2 is 2.00 bits per heavy atom. The van der Waals surface area contributed by atoms with E-state index in [2.05, 4.69) is 28.8 Å². The van der Waals surface area contributed by atoms with E-state index in [1.165, 1.54) is 29.0 Å². The Morgan fingerprint density at radius 1 is 1.15 bits per heavy atom. The van der Waals surface area contributed by atoms with E-state index in [0.717, 1.165) is 24.3 Å². The second-order valence-electron chi connectivity index (χ2n) is 5.15. The molecule has 0 bridgehead atoms. The highest BCUT2D eigenvalue weighted by Crippen LogP contribution is 2.13. The van der Waals surface area contributed by atoms with Crippen molar-refractivity contribution in [2.45, 2.75) is 19.3 Å². The van der Waals surface area contributed by atoms with Gasteiger partial charge in [0.05, 0.1) is 11.3 Å². The van der Waals surface area contributed by atoms with Gasteiger partial charge in [0.1, 0.15) is 6.54 Å². The topological polar surface area (TPSA) is 20.1 Å². The molecule has 0 N–H and O–H groups in total. The van der Waals surface area contributed by atoms with Crippen molar-refractivity contribution in [3.8, 4) is 0 Å². The van der Waals surface area contributed by atoms with Crippen molar-refractivity contribution in [1.29, 1.82) is 0 Å². The van der Waals surface area contributed by atoms with Crippen LogP contribution in [0.25, 0.3) is 0 Å². The number of carbonyl (C=O) groups excluding carboxylic acids is 1. The van der Waals surface area contributed by atoms with Crippen LogP contribution in [0, 0.1) is 0 Å². The van der Waals surface area contributed by atoms with Crippen LogP contribution >= 0.6 is 11.3 Å². The van der Waals surface area contributed by atoms with Crippen molar-refractivity contribution in [3.05, 3.63) is 58.3 Å². The van der Waals surface area contributed by atoms with E-state index < -0.39 is 0 Å². The number of ketones is 1. The summed E-state index contributed by atoms with van der Waals surface area (Å²) in [6, 6.07) is 14.4. The summed E-state index contributed by atoms with van der Waals surface area (Å²) >= 11 is 1.53.